The van der Waals surface area contributed by atoms with Crippen LogP contribution in [0.4, 0.5) is 0 Å². The predicted molar refractivity (Wildman–Crippen MR) is 85.8 cm³/mol. The molecule has 0 radical (unpaired) electrons. The summed E-state index contributed by atoms with van der Waals surface area (Å²) >= 11 is 1.80. The number of nitrogens with one attached hydrogen (secondary N) is 1. The summed E-state index contributed by atoms with van der Waals surface area (Å²) in [5.41, 5.74) is 1.92. The summed E-state index contributed by atoms with van der Waals surface area (Å²) < 4.78 is 0. The SMILES string of the molecule is CSc1ccc(C(C)NC2CCCC(C)(C)C2)cc1. The largest absolute Gasteiger partial charge is 0.307 e. The van der Waals surface area contributed by atoms with Gasteiger partial charge in [0.25, 0.3) is 0 Å². The molecule has 0 aromatic heterocycles. The Morgan fingerprint density at radius 1 is 1.26 bits per heavy atom. The quantitative estimate of drug-likeness (QED) is 0.775. The molecule has 1 aromatic rings. The lowest BCUT2D eigenvalue weighted by molar-refractivity contribution is 0.191. The van der Waals surface area contributed by atoms with Crippen LogP contribution in [0.15, 0.2) is 29.2 Å². The average molecular weight is 277 g/mol. The molecule has 1 aromatic carbocycles. The highest BCUT2D eigenvalue weighted by Crippen LogP contribution is 2.36. The van der Waals surface area contributed by atoms with Gasteiger partial charge >= 0.3 is 0 Å². The summed E-state index contributed by atoms with van der Waals surface area (Å²) in [7, 11) is 0. The summed E-state index contributed by atoms with van der Waals surface area (Å²) in [6.45, 7) is 7.09. The van der Waals surface area contributed by atoms with Gasteiger partial charge in [0.15, 0.2) is 0 Å². The molecule has 0 heterocycles. The van der Waals surface area contributed by atoms with Crippen LogP contribution in [-0.4, -0.2) is 12.3 Å². The fourth-order valence-corrected chi connectivity index (χ4v) is 3.59. The van der Waals surface area contributed by atoms with E-state index in [0.717, 1.165) is 0 Å². The van der Waals surface area contributed by atoms with E-state index < -0.39 is 0 Å². The first-order valence-corrected chi connectivity index (χ1v) is 8.63. The molecule has 1 nitrogen and oxygen atoms in total. The Balaban J connectivity index is 1.94. The van der Waals surface area contributed by atoms with E-state index in [1.54, 1.807) is 11.8 Å². The third kappa shape index (κ3) is 4.25. The van der Waals surface area contributed by atoms with Crippen LogP contribution in [0.25, 0.3) is 0 Å². The van der Waals surface area contributed by atoms with Gasteiger partial charge in [-0.15, -0.1) is 11.8 Å². The summed E-state index contributed by atoms with van der Waals surface area (Å²) in [4.78, 5) is 1.34. The van der Waals surface area contributed by atoms with Crippen molar-refractivity contribution in [3.63, 3.8) is 0 Å². The lowest BCUT2D eigenvalue weighted by atomic mass is 9.75. The third-order valence-electron chi connectivity index (χ3n) is 4.31. The number of hydrogen-bond acceptors (Lipinski definition) is 2. The molecule has 2 heteroatoms. The number of benzene rings is 1. The average Bonchev–Trinajstić information content (AvgIpc) is 2.37. The van der Waals surface area contributed by atoms with E-state index in [2.05, 4.69) is 56.6 Å². The van der Waals surface area contributed by atoms with Crippen molar-refractivity contribution in [1.82, 2.24) is 5.32 Å². The van der Waals surface area contributed by atoms with Gasteiger partial charge in [-0.2, -0.15) is 0 Å². The molecule has 106 valence electrons. The maximum atomic E-state index is 3.82. The van der Waals surface area contributed by atoms with Gasteiger partial charge in [0.1, 0.15) is 0 Å². The van der Waals surface area contributed by atoms with Crippen molar-refractivity contribution in [3.8, 4) is 0 Å². The molecule has 0 spiro atoms. The Bertz CT molecular complexity index is 396. The van der Waals surface area contributed by atoms with Crippen molar-refractivity contribution in [2.45, 2.75) is 63.4 Å². The van der Waals surface area contributed by atoms with Crippen molar-refractivity contribution in [2.75, 3.05) is 6.26 Å². The van der Waals surface area contributed by atoms with E-state index >= 15 is 0 Å². The molecule has 0 amide bonds. The standard InChI is InChI=1S/C17H27NS/c1-13(14-7-9-16(19-4)10-8-14)18-15-6-5-11-17(2,3)12-15/h7-10,13,15,18H,5-6,11-12H2,1-4H3. The first kappa shape index (κ1) is 14.9. The number of thioether (sulfide) groups is 1. The van der Waals surface area contributed by atoms with Crippen LogP contribution in [0, 0.1) is 5.41 Å². The second-order valence-corrected chi connectivity index (χ2v) is 7.50. The molecule has 1 saturated carbocycles. The van der Waals surface area contributed by atoms with Crippen LogP contribution < -0.4 is 5.32 Å². The van der Waals surface area contributed by atoms with Gasteiger partial charge in [0, 0.05) is 17.0 Å². The van der Waals surface area contributed by atoms with Crippen LogP contribution in [0.5, 0.6) is 0 Å². The molecule has 0 saturated heterocycles. The molecule has 0 bridgehead atoms. The van der Waals surface area contributed by atoms with E-state index in [1.807, 2.05) is 0 Å². The Morgan fingerprint density at radius 2 is 1.95 bits per heavy atom. The minimum Gasteiger partial charge on any atom is -0.307 e. The molecule has 19 heavy (non-hydrogen) atoms. The van der Waals surface area contributed by atoms with E-state index in [4.69, 9.17) is 0 Å². The van der Waals surface area contributed by atoms with Gasteiger partial charge in [-0.05, 0) is 55.6 Å². The summed E-state index contributed by atoms with van der Waals surface area (Å²) in [5, 5.41) is 3.82. The van der Waals surface area contributed by atoms with E-state index in [-0.39, 0.29) is 0 Å². The minimum atomic E-state index is 0.454. The predicted octanol–water partition coefficient (Wildman–Crippen LogP) is 5.03. The summed E-state index contributed by atoms with van der Waals surface area (Å²) in [6, 6.07) is 10.1. The highest BCUT2D eigenvalue weighted by Gasteiger charge is 2.28. The highest BCUT2D eigenvalue weighted by molar-refractivity contribution is 7.98. The van der Waals surface area contributed by atoms with Crippen molar-refractivity contribution in [2.24, 2.45) is 5.41 Å². The van der Waals surface area contributed by atoms with Crippen LogP contribution in [0.3, 0.4) is 0 Å². The van der Waals surface area contributed by atoms with Gasteiger partial charge < -0.3 is 5.32 Å². The van der Waals surface area contributed by atoms with Crippen LogP contribution in [-0.2, 0) is 0 Å². The highest BCUT2D eigenvalue weighted by atomic mass is 32.2. The molecule has 0 aliphatic heterocycles. The molecule has 1 N–H and O–H groups in total. The Kier molecular flexibility index (Phi) is 4.97. The molecular weight excluding hydrogens is 250 g/mol. The van der Waals surface area contributed by atoms with Gasteiger partial charge in [0.05, 0.1) is 0 Å². The third-order valence-corrected chi connectivity index (χ3v) is 5.05. The van der Waals surface area contributed by atoms with Crippen molar-refractivity contribution in [1.29, 1.82) is 0 Å². The van der Waals surface area contributed by atoms with E-state index in [9.17, 15) is 0 Å². The number of rotatable bonds is 4. The van der Waals surface area contributed by atoms with Gasteiger partial charge in [0.2, 0.25) is 0 Å². The second-order valence-electron chi connectivity index (χ2n) is 6.62. The summed E-state index contributed by atoms with van der Waals surface area (Å²) in [5.74, 6) is 0. The smallest absolute Gasteiger partial charge is 0.0294 e. The second kappa shape index (κ2) is 6.32. The van der Waals surface area contributed by atoms with Gasteiger partial charge in [-0.1, -0.05) is 32.4 Å². The zero-order valence-electron chi connectivity index (χ0n) is 12.7. The molecular formula is C17H27NS. The normalized spacial score (nSPS) is 24.1. The topological polar surface area (TPSA) is 12.0 Å². The van der Waals surface area contributed by atoms with Gasteiger partial charge in [-0.3, -0.25) is 0 Å². The van der Waals surface area contributed by atoms with Crippen LogP contribution in [0.2, 0.25) is 0 Å². The molecule has 1 aliphatic rings. The fourth-order valence-electron chi connectivity index (χ4n) is 3.18. The van der Waals surface area contributed by atoms with Crippen LogP contribution >= 0.6 is 11.8 Å². The van der Waals surface area contributed by atoms with Gasteiger partial charge in [-0.25, -0.2) is 0 Å². The summed E-state index contributed by atoms with van der Waals surface area (Å²) in [6.07, 6.45) is 7.50. The lowest BCUT2D eigenvalue weighted by Gasteiger charge is -2.37. The molecule has 1 fully saturated rings. The van der Waals surface area contributed by atoms with Crippen molar-refractivity contribution in [3.05, 3.63) is 29.8 Å². The maximum Gasteiger partial charge on any atom is 0.0294 e. The fraction of sp³-hybridized carbons (Fsp3) is 0.647. The Morgan fingerprint density at radius 3 is 2.53 bits per heavy atom. The van der Waals surface area contributed by atoms with Crippen molar-refractivity contribution >= 4 is 11.8 Å². The molecule has 1 aliphatic carbocycles. The monoisotopic (exact) mass is 277 g/mol. The molecule has 2 rings (SSSR count). The molecule has 2 atom stereocenters. The zero-order chi connectivity index (χ0) is 13.9. The van der Waals surface area contributed by atoms with E-state index in [0.29, 0.717) is 17.5 Å². The number of hydrogen-bond donors (Lipinski definition) is 1. The first-order chi connectivity index (χ1) is 9.00. The zero-order valence-corrected chi connectivity index (χ0v) is 13.5. The maximum absolute atomic E-state index is 3.82. The Labute approximate surface area is 122 Å². The first-order valence-electron chi connectivity index (χ1n) is 7.40. The van der Waals surface area contributed by atoms with Crippen molar-refractivity contribution < 1.29 is 0 Å². The van der Waals surface area contributed by atoms with Crippen LogP contribution in [0.1, 0.15) is 58.1 Å². The lowest BCUT2D eigenvalue weighted by Crippen LogP contribution is -2.38. The Hall–Kier alpha value is -0.470. The molecule has 2 unspecified atom stereocenters. The van der Waals surface area contributed by atoms with E-state index in [1.165, 1.54) is 36.1 Å². The minimum absolute atomic E-state index is 0.454.